The summed E-state index contributed by atoms with van der Waals surface area (Å²) in [5.41, 5.74) is 0.755. The van der Waals surface area contributed by atoms with Gasteiger partial charge in [0.15, 0.2) is 0 Å². The number of methoxy groups -OCH3 is 1. The van der Waals surface area contributed by atoms with Crippen LogP contribution < -0.4 is 10.1 Å². The summed E-state index contributed by atoms with van der Waals surface area (Å²) in [6.45, 7) is 5.77. The predicted octanol–water partition coefficient (Wildman–Crippen LogP) is 0.898. The van der Waals surface area contributed by atoms with Gasteiger partial charge in [-0.05, 0) is 19.2 Å². The van der Waals surface area contributed by atoms with E-state index in [1.54, 1.807) is 7.11 Å². The van der Waals surface area contributed by atoms with E-state index in [0.717, 1.165) is 50.8 Å². The smallest absolute Gasteiger partial charge is 0.238 e. The summed E-state index contributed by atoms with van der Waals surface area (Å²) in [6.07, 6.45) is 0. The average molecular weight is 307 g/mol. The standard InChI is InChI=1S/C16H25N3O3/c1-18(6-7-19-8-10-22-11-9-19)13-16(20)17-14-4-3-5-15(12-14)21-2/h3-5,12H,6-11,13H2,1-2H3,(H,17,20). The third kappa shape index (κ3) is 5.63. The lowest BCUT2D eigenvalue weighted by molar-refractivity contribution is -0.117. The molecule has 1 aliphatic rings. The van der Waals surface area contributed by atoms with Crippen LogP contribution in [0.5, 0.6) is 5.75 Å². The number of morpholine rings is 1. The average Bonchev–Trinajstić information content (AvgIpc) is 2.54. The molecule has 2 rings (SSSR count). The van der Waals surface area contributed by atoms with Crippen LogP contribution in [0.15, 0.2) is 24.3 Å². The summed E-state index contributed by atoms with van der Waals surface area (Å²) < 4.78 is 10.5. The van der Waals surface area contributed by atoms with Gasteiger partial charge in [-0.15, -0.1) is 0 Å². The Morgan fingerprint density at radius 1 is 1.41 bits per heavy atom. The number of rotatable bonds is 7. The van der Waals surface area contributed by atoms with Crippen molar-refractivity contribution in [3.05, 3.63) is 24.3 Å². The maximum absolute atomic E-state index is 12.0. The SMILES string of the molecule is COc1cccc(NC(=O)CN(C)CCN2CCOCC2)c1. The van der Waals surface area contributed by atoms with E-state index in [2.05, 4.69) is 10.2 Å². The normalized spacial score (nSPS) is 15.8. The zero-order valence-corrected chi connectivity index (χ0v) is 13.4. The second-order valence-corrected chi connectivity index (χ2v) is 5.47. The highest BCUT2D eigenvalue weighted by Crippen LogP contribution is 2.16. The van der Waals surface area contributed by atoms with Crippen LogP contribution in [0.3, 0.4) is 0 Å². The van der Waals surface area contributed by atoms with Gasteiger partial charge in [0, 0.05) is 37.9 Å². The van der Waals surface area contributed by atoms with Gasteiger partial charge in [0.25, 0.3) is 0 Å². The number of benzene rings is 1. The van der Waals surface area contributed by atoms with Gasteiger partial charge in [0.2, 0.25) is 5.91 Å². The molecule has 0 bridgehead atoms. The minimum Gasteiger partial charge on any atom is -0.497 e. The molecule has 0 aromatic heterocycles. The minimum absolute atomic E-state index is 0.0160. The van der Waals surface area contributed by atoms with Gasteiger partial charge in [-0.2, -0.15) is 0 Å². The van der Waals surface area contributed by atoms with E-state index >= 15 is 0 Å². The third-order valence-electron chi connectivity index (χ3n) is 3.67. The highest BCUT2D eigenvalue weighted by Gasteiger charge is 2.12. The van der Waals surface area contributed by atoms with Gasteiger partial charge in [-0.3, -0.25) is 14.6 Å². The molecule has 1 amide bonds. The fourth-order valence-electron chi connectivity index (χ4n) is 2.36. The molecule has 1 N–H and O–H groups in total. The molecule has 1 aromatic rings. The summed E-state index contributed by atoms with van der Waals surface area (Å²) >= 11 is 0. The maximum Gasteiger partial charge on any atom is 0.238 e. The van der Waals surface area contributed by atoms with Crippen molar-refractivity contribution in [3.8, 4) is 5.75 Å². The van der Waals surface area contributed by atoms with E-state index in [1.165, 1.54) is 0 Å². The van der Waals surface area contributed by atoms with Gasteiger partial charge in [-0.1, -0.05) is 6.07 Å². The number of nitrogens with zero attached hydrogens (tertiary/aromatic N) is 2. The lowest BCUT2D eigenvalue weighted by Crippen LogP contribution is -2.42. The second-order valence-electron chi connectivity index (χ2n) is 5.47. The molecule has 0 radical (unpaired) electrons. The molecule has 6 heteroatoms. The van der Waals surface area contributed by atoms with Gasteiger partial charge < -0.3 is 14.8 Å². The first-order valence-corrected chi connectivity index (χ1v) is 7.60. The molecule has 0 saturated carbocycles. The molecule has 6 nitrogen and oxygen atoms in total. The number of nitrogens with one attached hydrogen (secondary N) is 1. The van der Waals surface area contributed by atoms with Crippen LogP contribution in [-0.4, -0.2) is 75.8 Å². The van der Waals surface area contributed by atoms with Crippen LogP contribution in [0.4, 0.5) is 5.69 Å². The fraction of sp³-hybridized carbons (Fsp3) is 0.562. The summed E-state index contributed by atoms with van der Waals surface area (Å²) in [5.74, 6) is 0.719. The number of ether oxygens (including phenoxy) is 2. The van der Waals surface area contributed by atoms with Crippen molar-refractivity contribution in [3.63, 3.8) is 0 Å². The molecule has 0 unspecified atom stereocenters. The molecular weight excluding hydrogens is 282 g/mol. The van der Waals surface area contributed by atoms with Gasteiger partial charge in [0.1, 0.15) is 5.75 Å². The lowest BCUT2D eigenvalue weighted by atomic mass is 10.3. The van der Waals surface area contributed by atoms with E-state index in [9.17, 15) is 4.79 Å². The van der Waals surface area contributed by atoms with Crippen molar-refractivity contribution < 1.29 is 14.3 Å². The van der Waals surface area contributed by atoms with Crippen molar-refractivity contribution in [1.29, 1.82) is 0 Å². The van der Waals surface area contributed by atoms with Crippen LogP contribution in [0.1, 0.15) is 0 Å². The van der Waals surface area contributed by atoms with Crippen LogP contribution in [0, 0.1) is 0 Å². The highest BCUT2D eigenvalue weighted by atomic mass is 16.5. The Morgan fingerprint density at radius 2 is 2.18 bits per heavy atom. The van der Waals surface area contributed by atoms with Gasteiger partial charge in [-0.25, -0.2) is 0 Å². The number of anilines is 1. The van der Waals surface area contributed by atoms with E-state index in [4.69, 9.17) is 9.47 Å². The van der Waals surface area contributed by atoms with E-state index < -0.39 is 0 Å². The maximum atomic E-state index is 12.0. The minimum atomic E-state index is -0.0160. The molecule has 22 heavy (non-hydrogen) atoms. The Hall–Kier alpha value is -1.63. The number of carbonyl (C=O) groups is 1. The monoisotopic (exact) mass is 307 g/mol. The van der Waals surface area contributed by atoms with Crippen LogP contribution >= 0.6 is 0 Å². The van der Waals surface area contributed by atoms with Crippen molar-refractivity contribution in [2.24, 2.45) is 0 Å². The van der Waals surface area contributed by atoms with Gasteiger partial charge in [0.05, 0.1) is 26.9 Å². The Morgan fingerprint density at radius 3 is 2.91 bits per heavy atom. The number of likely N-dealkylation sites (N-methyl/N-ethyl adjacent to an activating group) is 1. The molecule has 122 valence electrons. The molecule has 1 saturated heterocycles. The Bertz CT molecular complexity index is 475. The van der Waals surface area contributed by atoms with Crippen molar-refractivity contribution in [2.45, 2.75) is 0 Å². The van der Waals surface area contributed by atoms with Crippen molar-refractivity contribution >= 4 is 11.6 Å². The molecule has 0 aliphatic carbocycles. The first-order valence-electron chi connectivity index (χ1n) is 7.60. The van der Waals surface area contributed by atoms with Crippen LogP contribution in [-0.2, 0) is 9.53 Å². The first-order chi connectivity index (χ1) is 10.7. The summed E-state index contributed by atoms with van der Waals surface area (Å²) in [6, 6.07) is 7.38. The zero-order valence-electron chi connectivity index (χ0n) is 13.4. The quantitative estimate of drug-likeness (QED) is 0.811. The Labute approximate surface area is 132 Å². The molecule has 1 heterocycles. The molecule has 0 spiro atoms. The Kier molecular flexibility index (Phi) is 6.64. The number of hydrogen-bond donors (Lipinski definition) is 1. The van der Waals surface area contributed by atoms with E-state index in [1.807, 2.05) is 36.2 Å². The molecule has 1 fully saturated rings. The van der Waals surface area contributed by atoms with E-state index in [-0.39, 0.29) is 5.91 Å². The third-order valence-corrected chi connectivity index (χ3v) is 3.67. The summed E-state index contributed by atoms with van der Waals surface area (Å²) in [4.78, 5) is 16.4. The van der Waals surface area contributed by atoms with Crippen molar-refractivity contribution in [2.75, 3.05) is 65.4 Å². The molecule has 0 atom stereocenters. The molecule has 1 aromatic carbocycles. The number of hydrogen-bond acceptors (Lipinski definition) is 5. The summed E-state index contributed by atoms with van der Waals surface area (Å²) in [5, 5.41) is 2.89. The Balaban J connectivity index is 1.71. The largest absolute Gasteiger partial charge is 0.497 e. The first kappa shape index (κ1) is 16.7. The van der Waals surface area contributed by atoms with Crippen LogP contribution in [0.2, 0.25) is 0 Å². The highest BCUT2D eigenvalue weighted by molar-refractivity contribution is 5.92. The second kappa shape index (κ2) is 8.73. The molecule has 1 aliphatic heterocycles. The number of carbonyl (C=O) groups excluding carboxylic acids is 1. The zero-order chi connectivity index (χ0) is 15.8. The number of amides is 1. The van der Waals surface area contributed by atoms with Crippen molar-refractivity contribution in [1.82, 2.24) is 9.80 Å². The summed E-state index contributed by atoms with van der Waals surface area (Å²) in [7, 11) is 3.58. The van der Waals surface area contributed by atoms with E-state index in [0.29, 0.717) is 6.54 Å². The fourth-order valence-corrected chi connectivity index (χ4v) is 2.36. The molecular formula is C16H25N3O3. The van der Waals surface area contributed by atoms with Crippen LogP contribution in [0.25, 0.3) is 0 Å². The predicted molar refractivity (Wildman–Crippen MR) is 86.4 cm³/mol. The topological polar surface area (TPSA) is 54.0 Å². The lowest BCUT2D eigenvalue weighted by Gasteiger charge is -2.28. The van der Waals surface area contributed by atoms with Gasteiger partial charge >= 0.3 is 0 Å².